The fourth-order valence-corrected chi connectivity index (χ4v) is 9.26. The number of carbonyl (C=O) groups is 1. The molecule has 1 atom stereocenters. The van der Waals surface area contributed by atoms with Gasteiger partial charge in [0, 0.05) is 6.42 Å². The van der Waals surface area contributed by atoms with Crippen LogP contribution in [0.3, 0.4) is 0 Å². The van der Waals surface area contributed by atoms with Crippen molar-refractivity contribution in [2.24, 2.45) is 17.8 Å². The average molecular weight is 488 g/mol. The van der Waals surface area contributed by atoms with Gasteiger partial charge in [0.1, 0.15) is 12.2 Å². The third kappa shape index (κ3) is 4.88. The zero-order valence-electron chi connectivity index (χ0n) is 20.5. The fraction of sp³-hybridized carbons (Fsp3) is 0.452. The van der Waals surface area contributed by atoms with Crippen LogP contribution in [0.4, 0.5) is 0 Å². The van der Waals surface area contributed by atoms with E-state index in [9.17, 15) is 4.79 Å². The van der Waals surface area contributed by atoms with Gasteiger partial charge < -0.3 is 9.47 Å². The topological polar surface area (TPSA) is 35.5 Å². The molecule has 0 aromatic heterocycles. The van der Waals surface area contributed by atoms with Crippen LogP contribution >= 0.6 is 0 Å². The van der Waals surface area contributed by atoms with Crippen LogP contribution < -0.4 is 0 Å². The van der Waals surface area contributed by atoms with Crippen molar-refractivity contribution >= 4 is 16.9 Å². The standard InChI is InChI=1S/C31H35O3S/c1-30(33-22-29(32)34-31-19-23-16-24(20-31)18-25(17-23)21-31)14-12-28(13-15-30)35(26-8-4-2-5-9-26)27-10-6-3-7-11-27/h2-14,23-25H,15-22H2,1H3/q+1. The Morgan fingerprint density at radius 2 is 1.43 bits per heavy atom. The molecule has 35 heavy (non-hydrogen) atoms. The average Bonchev–Trinajstić information content (AvgIpc) is 2.85. The Morgan fingerprint density at radius 3 is 1.91 bits per heavy atom. The smallest absolute Gasteiger partial charge is 0.332 e. The molecule has 2 aromatic rings. The van der Waals surface area contributed by atoms with E-state index in [4.69, 9.17) is 9.47 Å². The lowest BCUT2D eigenvalue weighted by Crippen LogP contribution is -2.53. The number of esters is 1. The van der Waals surface area contributed by atoms with E-state index in [-0.39, 0.29) is 29.1 Å². The van der Waals surface area contributed by atoms with E-state index in [1.54, 1.807) is 0 Å². The maximum atomic E-state index is 12.9. The molecule has 4 bridgehead atoms. The molecule has 4 fully saturated rings. The second-order valence-corrected chi connectivity index (χ2v) is 13.3. The van der Waals surface area contributed by atoms with Gasteiger partial charge in [-0.25, -0.2) is 4.79 Å². The Balaban J connectivity index is 1.10. The lowest BCUT2D eigenvalue weighted by molar-refractivity contribution is -0.193. The second-order valence-electron chi connectivity index (χ2n) is 11.3. The number of hydrogen-bond donors (Lipinski definition) is 0. The molecule has 0 N–H and O–H groups in total. The van der Waals surface area contributed by atoms with Gasteiger partial charge in [0.05, 0.1) is 16.5 Å². The monoisotopic (exact) mass is 487 g/mol. The van der Waals surface area contributed by atoms with Gasteiger partial charge in [-0.2, -0.15) is 0 Å². The van der Waals surface area contributed by atoms with Crippen molar-refractivity contribution in [1.82, 2.24) is 0 Å². The summed E-state index contributed by atoms with van der Waals surface area (Å²) in [6.07, 6.45) is 14.6. The molecule has 182 valence electrons. The molecule has 0 aliphatic heterocycles. The zero-order chi connectivity index (χ0) is 23.9. The van der Waals surface area contributed by atoms with E-state index >= 15 is 0 Å². The van der Waals surface area contributed by atoms with Crippen LogP contribution in [0, 0.1) is 17.8 Å². The van der Waals surface area contributed by atoms with E-state index in [0.29, 0.717) is 0 Å². The fourth-order valence-electron chi connectivity index (χ4n) is 7.13. The molecule has 7 rings (SSSR count). The first kappa shape index (κ1) is 23.1. The zero-order valence-corrected chi connectivity index (χ0v) is 21.3. The first-order valence-corrected chi connectivity index (χ1v) is 14.3. The van der Waals surface area contributed by atoms with Crippen molar-refractivity contribution in [3.05, 3.63) is 83.8 Å². The van der Waals surface area contributed by atoms with Crippen LogP contribution in [0.15, 0.2) is 93.6 Å². The van der Waals surface area contributed by atoms with Crippen molar-refractivity contribution in [1.29, 1.82) is 0 Å². The van der Waals surface area contributed by atoms with Crippen molar-refractivity contribution in [2.75, 3.05) is 6.61 Å². The summed E-state index contributed by atoms with van der Waals surface area (Å²) in [6, 6.07) is 21.4. The van der Waals surface area contributed by atoms with E-state index in [0.717, 1.165) is 43.4 Å². The van der Waals surface area contributed by atoms with Crippen LogP contribution in [0.1, 0.15) is 51.9 Å². The number of carbonyl (C=O) groups excluding carboxylic acids is 1. The summed E-state index contributed by atoms with van der Waals surface area (Å²) in [5, 5.41) is 0. The summed E-state index contributed by atoms with van der Waals surface area (Å²) >= 11 is 0. The van der Waals surface area contributed by atoms with Crippen molar-refractivity contribution in [3.8, 4) is 0 Å². The third-order valence-corrected chi connectivity index (χ3v) is 10.6. The molecule has 2 aromatic carbocycles. The number of hydrogen-bond acceptors (Lipinski definition) is 3. The molecule has 0 radical (unpaired) electrons. The highest BCUT2D eigenvalue weighted by atomic mass is 32.2. The lowest BCUT2D eigenvalue weighted by Gasteiger charge is -2.55. The Labute approximate surface area is 211 Å². The summed E-state index contributed by atoms with van der Waals surface area (Å²) in [6.45, 7) is 2.09. The van der Waals surface area contributed by atoms with E-state index in [1.165, 1.54) is 34.0 Å². The molecule has 5 aliphatic rings. The number of allylic oxidation sites excluding steroid dienone is 1. The van der Waals surface area contributed by atoms with Crippen molar-refractivity contribution in [3.63, 3.8) is 0 Å². The number of rotatable bonds is 7. The molecule has 4 saturated carbocycles. The van der Waals surface area contributed by atoms with Gasteiger partial charge in [0.15, 0.2) is 14.7 Å². The lowest BCUT2D eigenvalue weighted by atomic mass is 9.54. The van der Waals surface area contributed by atoms with Gasteiger partial charge in [-0.15, -0.1) is 0 Å². The predicted octanol–water partition coefficient (Wildman–Crippen LogP) is 6.85. The van der Waals surface area contributed by atoms with Gasteiger partial charge in [-0.3, -0.25) is 0 Å². The van der Waals surface area contributed by atoms with Gasteiger partial charge in [-0.1, -0.05) is 36.4 Å². The van der Waals surface area contributed by atoms with Crippen LogP contribution in [-0.4, -0.2) is 23.8 Å². The molecule has 0 amide bonds. The summed E-state index contributed by atoms with van der Waals surface area (Å²) in [5.41, 5.74) is -0.697. The third-order valence-electron chi connectivity index (χ3n) is 8.33. The Kier molecular flexibility index (Phi) is 6.14. The van der Waals surface area contributed by atoms with Crippen molar-refractivity contribution in [2.45, 2.75) is 72.9 Å². The molecular formula is C31H35O3S+. The highest BCUT2D eigenvalue weighted by Gasteiger charge is 2.53. The SMILES string of the molecule is CC1(OCC(=O)OC23CC4CC(CC(C4)C2)C3)C=CC([S+](c2ccccc2)c2ccccc2)=CC1. The van der Waals surface area contributed by atoms with Crippen LogP contribution in [0.2, 0.25) is 0 Å². The summed E-state index contributed by atoms with van der Waals surface area (Å²) in [4.78, 5) is 16.8. The van der Waals surface area contributed by atoms with Gasteiger partial charge in [-0.05, 0) is 106 Å². The number of benzene rings is 2. The van der Waals surface area contributed by atoms with Crippen LogP contribution in [0.25, 0.3) is 0 Å². The molecule has 0 spiro atoms. The second kappa shape index (κ2) is 9.29. The Hall–Kier alpha value is -2.30. The molecule has 1 unspecified atom stereocenters. The van der Waals surface area contributed by atoms with Gasteiger partial charge in [0.2, 0.25) is 0 Å². The molecule has 5 aliphatic carbocycles. The molecule has 4 heteroatoms. The minimum Gasteiger partial charge on any atom is -0.457 e. The molecule has 3 nitrogen and oxygen atoms in total. The summed E-state index contributed by atoms with van der Waals surface area (Å²) < 4.78 is 12.3. The van der Waals surface area contributed by atoms with Crippen molar-refractivity contribution < 1.29 is 14.3 Å². The highest BCUT2D eigenvalue weighted by molar-refractivity contribution is 8.00. The van der Waals surface area contributed by atoms with E-state index in [2.05, 4.69) is 85.8 Å². The molecule has 0 heterocycles. The van der Waals surface area contributed by atoms with E-state index < -0.39 is 5.60 Å². The summed E-state index contributed by atoms with van der Waals surface area (Å²) in [7, 11) is -0.165. The molecular weight excluding hydrogens is 452 g/mol. The largest absolute Gasteiger partial charge is 0.457 e. The first-order valence-electron chi connectivity index (χ1n) is 13.1. The first-order chi connectivity index (χ1) is 17.0. The predicted molar refractivity (Wildman–Crippen MR) is 140 cm³/mol. The van der Waals surface area contributed by atoms with E-state index in [1.807, 2.05) is 0 Å². The minimum atomic E-state index is -0.494. The Morgan fingerprint density at radius 1 is 0.886 bits per heavy atom. The van der Waals surface area contributed by atoms with Gasteiger partial charge >= 0.3 is 5.97 Å². The maximum Gasteiger partial charge on any atom is 0.332 e. The highest BCUT2D eigenvalue weighted by Crippen LogP contribution is 2.57. The maximum absolute atomic E-state index is 12.9. The van der Waals surface area contributed by atoms with Crippen LogP contribution in [0.5, 0.6) is 0 Å². The quantitative estimate of drug-likeness (QED) is 0.316. The molecule has 0 saturated heterocycles. The minimum absolute atomic E-state index is 0.0227. The Bertz CT molecular complexity index is 1050. The normalized spacial score (nSPS) is 33.1. The summed E-state index contributed by atoms with van der Waals surface area (Å²) in [5.74, 6) is 2.10. The van der Waals surface area contributed by atoms with Gasteiger partial charge in [0.25, 0.3) is 0 Å². The van der Waals surface area contributed by atoms with Crippen LogP contribution in [-0.2, 0) is 25.2 Å². The number of ether oxygens (including phenoxy) is 2.